The summed E-state index contributed by atoms with van der Waals surface area (Å²) in [5.41, 5.74) is 0. The molecule has 0 aromatic rings. The summed E-state index contributed by atoms with van der Waals surface area (Å²) in [7, 11) is 0. The first-order valence-electron chi connectivity index (χ1n) is 15.6. The zero-order valence-electron chi connectivity index (χ0n) is 29.0. The van der Waals surface area contributed by atoms with Crippen LogP contribution in [-0.4, -0.2) is 249 Å². The summed E-state index contributed by atoms with van der Waals surface area (Å²) in [5.74, 6) is -9.12. The van der Waals surface area contributed by atoms with E-state index in [1.165, 1.54) is 24.5 Å². The Hall–Kier alpha value is -2.16. The molecule has 1 rings (SSSR count). The molecule has 0 aromatic heterocycles. The number of carbonyl (C=O) groups is 8. The van der Waals surface area contributed by atoms with Crippen LogP contribution in [0.1, 0.15) is 0 Å². The Morgan fingerprint density at radius 1 is 0.385 bits per heavy atom. The van der Waals surface area contributed by atoms with Gasteiger partial charge >= 0.3 is 111 Å². The molecule has 0 spiro atoms. The van der Waals surface area contributed by atoms with Gasteiger partial charge in [0.25, 0.3) is 0 Å². The van der Waals surface area contributed by atoms with Crippen molar-refractivity contribution < 1.29 is 144 Å². The predicted molar refractivity (Wildman–Crippen MR) is 169 cm³/mol. The zero-order chi connectivity index (χ0) is 37.8. The Balaban J connectivity index is 0. The van der Waals surface area contributed by atoms with Crippen molar-refractivity contribution in [2.45, 2.75) is 0 Å². The summed E-state index contributed by atoms with van der Waals surface area (Å²) in [5, 5.41) is 65.2. The molecule has 1 radical (unpaired) electrons. The zero-order valence-corrected chi connectivity index (χ0v) is 33.3. The van der Waals surface area contributed by atoms with Gasteiger partial charge in [0.15, 0.2) is 0 Å². The first-order chi connectivity index (χ1) is 23.4. The van der Waals surface area contributed by atoms with Crippen molar-refractivity contribution in [3.63, 3.8) is 0 Å². The fourth-order valence-corrected chi connectivity index (χ4v) is 5.15. The van der Waals surface area contributed by atoms with Gasteiger partial charge in [-0.3, -0.25) is 67.8 Å². The van der Waals surface area contributed by atoms with E-state index in [0.717, 1.165) is 4.90 Å². The number of nitrogens with zero attached hydrogens (tertiary/aromatic N) is 7. The van der Waals surface area contributed by atoms with Crippen molar-refractivity contribution >= 4 is 47.7 Å². The predicted octanol–water partition coefficient (Wildman–Crippen LogP) is -7.76. The quantitative estimate of drug-likeness (QED) is 0.0497. The molecule has 1 aliphatic heterocycles. The van der Waals surface area contributed by atoms with Gasteiger partial charge in [0, 0.05) is 78.5 Å². The van der Waals surface area contributed by atoms with Crippen LogP contribution in [-0.2, 0) is 38.4 Å². The fourth-order valence-electron chi connectivity index (χ4n) is 5.15. The second-order valence-electron chi connectivity index (χ2n) is 11.7. The van der Waals surface area contributed by atoms with E-state index in [9.17, 15) is 63.9 Å². The molecule has 24 heteroatoms. The van der Waals surface area contributed by atoms with Crippen LogP contribution in [0.2, 0.25) is 0 Å². The van der Waals surface area contributed by atoms with Crippen molar-refractivity contribution in [3.8, 4) is 0 Å². The monoisotopic (exact) mass is 902 g/mol. The second kappa shape index (κ2) is 28.3. The molecule has 1 saturated heterocycles. The Bertz CT molecular complexity index is 1160. The van der Waals surface area contributed by atoms with Gasteiger partial charge in [-0.2, -0.15) is 0 Å². The van der Waals surface area contributed by atoms with E-state index in [0.29, 0.717) is 0 Å². The molecule has 1 fully saturated rings. The van der Waals surface area contributed by atoms with Crippen LogP contribution >= 0.6 is 0 Å². The van der Waals surface area contributed by atoms with E-state index in [1.54, 1.807) is 4.90 Å². The molecule has 1 heterocycles. The molecule has 0 bridgehead atoms. The number of carboxylic acids is 7. The van der Waals surface area contributed by atoms with Crippen molar-refractivity contribution in [2.75, 3.05) is 131 Å². The second-order valence-corrected chi connectivity index (χ2v) is 11.7. The molecule has 1 aliphatic rings. The van der Waals surface area contributed by atoms with Crippen LogP contribution in [0.3, 0.4) is 0 Å². The summed E-state index contributed by atoms with van der Waals surface area (Å²) >= 11 is 0. The van der Waals surface area contributed by atoms with Crippen molar-refractivity contribution in [2.24, 2.45) is 0 Å². The third-order valence-electron chi connectivity index (χ3n) is 7.53. The number of aliphatic carboxylic acids is 7. The molecule has 1 amide bonds. The van der Waals surface area contributed by atoms with E-state index < -0.39 is 93.5 Å². The third kappa shape index (κ3) is 25.8. The number of carbonyl (C=O) groups excluding carboxylic acids is 1. The smallest absolute Gasteiger partial charge is 0.480 e. The van der Waals surface area contributed by atoms with Gasteiger partial charge in [0.05, 0.1) is 52.4 Å². The largest absolute Gasteiger partial charge is 3.00 e. The number of hydrogen-bond acceptors (Lipinski definition) is 14. The normalized spacial score (nSPS) is 15.2. The maximum Gasteiger partial charge on any atom is 3.00 e. The molecular formula is C28H47GdN7NaO15+4. The average Bonchev–Trinajstić information content (AvgIpc) is 2.96. The Kier molecular flexibility index (Phi) is 28.3. The van der Waals surface area contributed by atoms with Crippen molar-refractivity contribution in [1.82, 2.24) is 34.3 Å². The van der Waals surface area contributed by atoms with Crippen molar-refractivity contribution in [3.05, 3.63) is 0 Å². The van der Waals surface area contributed by atoms with E-state index in [4.69, 9.17) is 10.2 Å². The van der Waals surface area contributed by atoms with Gasteiger partial charge in [0.1, 0.15) is 0 Å². The summed E-state index contributed by atoms with van der Waals surface area (Å²) in [4.78, 5) is 103. The number of hydrogen-bond donors (Lipinski definition) is 7. The van der Waals surface area contributed by atoms with Crippen LogP contribution in [0, 0.1) is 39.9 Å². The SMILES string of the molecule is O=C(O)CN1CCN(CC(=O)O)CCN(C(=O)CN(CCN(CCN(CC(=O)O)CC(=O)O)CC(=O)O)CC(=O)O)CCN(CC(=O)O)CC1.[Gd+3].[Na+]. The molecule has 0 atom stereocenters. The molecule has 0 aromatic carbocycles. The maximum absolute atomic E-state index is 13.6. The Morgan fingerprint density at radius 3 is 0.923 bits per heavy atom. The fraction of sp³-hybridized carbons (Fsp3) is 0.714. The Labute approximate surface area is 353 Å². The molecule has 0 aliphatic carbocycles. The van der Waals surface area contributed by atoms with Crippen LogP contribution < -0.4 is 29.6 Å². The topological polar surface area (TPSA) is 301 Å². The minimum absolute atomic E-state index is 0. The molecule has 22 nitrogen and oxygen atoms in total. The third-order valence-corrected chi connectivity index (χ3v) is 7.53. The van der Waals surface area contributed by atoms with Crippen LogP contribution in [0.25, 0.3) is 0 Å². The summed E-state index contributed by atoms with van der Waals surface area (Å²) in [6.07, 6.45) is 0. The standard InChI is InChI=1S/C28H47N7O15.Gd.Na/c36-21(13-33(18-26(45)46)7-5-30(15-23(39)40)6-8-34(19-27(47)48)20-28(49)50)35-11-9-31(16-24(41)42)3-1-29(14-22(37)38)2-4-32(10-12-35)17-25(43)44;;/h1-20H2,(H,37,38)(H,39,40)(H,41,42)(H,43,44)(H,45,46)(H,47,48)(H,49,50);;/q;+3;+1. The molecule has 289 valence electrons. The summed E-state index contributed by atoms with van der Waals surface area (Å²) < 4.78 is 0. The maximum atomic E-state index is 13.6. The first-order valence-corrected chi connectivity index (χ1v) is 15.6. The van der Waals surface area contributed by atoms with Crippen molar-refractivity contribution in [1.29, 1.82) is 0 Å². The van der Waals surface area contributed by atoms with Crippen LogP contribution in [0.15, 0.2) is 0 Å². The average molecular weight is 902 g/mol. The minimum Gasteiger partial charge on any atom is -0.480 e. The Morgan fingerprint density at radius 2 is 0.635 bits per heavy atom. The van der Waals surface area contributed by atoms with Gasteiger partial charge in [-0.05, 0) is 0 Å². The van der Waals surface area contributed by atoms with E-state index in [1.807, 2.05) is 0 Å². The van der Waals surface area contributed by atoms with Gasteiger partial charge < -0.3 is 40.6 Å². The van der Waals surface area contributed by atoms with E-state index in [2.05, 4.69) is 0 Å². The molecular weight excluding hydrogens is 855 g/mol. The molecule has 7 N–H and O–H groups in total. The van der Waals surface area contributed by atoms with Gasteiger partial charge in [-0.1, -0.05) is 0 Å². The molecule has 0 unspecified atom stereocenters. The van der Waals surface area contributed by atoms with Gasteiger partial charge in [0.2, 0.25) is 5.91 Å². The minimum atomic E-state index is -1.29. The molecule has 52 heavy (non-hydrogen) atoms. The first kappa shape index (κ1) is 52.0. The van der Waals surface area contributed by atoms with Gasteiger partial charge in [-0.25, -0.2) is 0 Å². The van der Waals surface area contributed by atoms with E-state index >= 15 is 0 Å². The molecule has 0 saturated carbocycles. The number of carboxylic acid groups (broad SMARTS) is 7. The van der Waals surface area contributed by atoms with E-state index in [-0.39, 0.29) is 155 Å². The van der Waals surface area contributed by atoms with Crippen LogP contribution in [0.5, 0.6) is 0 Å². The number of rotatable bonds is 22. The summed E-state index contributed by atoms with van der Waals surface area (Å²) in [6.45, 7) is -3.86. The number of amides is 1. The summed E-state index contributed by atoms with van der Waals surface area (Å²) in [6, 6.07) is 0. The van der Waals surface area contributed by atoms with Gasteiger partial charge in [-0.15, -0.1) is 0 Å². The van der Waals surface area contributed by atoms with Crippen LogP contribution in [0.4, 0.5) is 0 Å².